The molecule has 2 heterocycles. The largest absolute Gasteiger partial charge is 0.369 e. The zero-order valence-electron chi connectivity index (χ0n) is 7.75. The maximum absolute atomic E-state index is 5.69. The van der Waals surface area contributed by atoms with E-state index in [9.17, 15) is 0 Å². The summed E-state index contributed by atoms with van der Waals surface area (Å²) in [5, 5.41) is 3.89. The van der Waals surface area contributed by atoms with Crippen LogP contribution in [0.25, 0.3) is 0 Å². The molecule has 2 rings (SSSR count). The third-order valence-electron chi connectivity index (χ3n) is 2.54. The summed E-state index contributed by atoms with van der Waals surface area (Å²) in [6, 6.07) is 1.74. The number of rotatable bonds is 1. The van der Waals surface area contributed by atoms with Crippen molar-refractivity contribution in [2.45, 2.75) is 31.8 Å². The number of hydrogen-bond acceptors (Lipinski definition) is 4. The van der Waals surface area contributed by atoms with Crippen molar-refractivity contribution in [1.82, 2.24) is 5.16 Å². The van der Waals surface area contributed by atoms with Gasteiger partial charge in [-0.25, -0.2) is 0 Å². The van der Waals surface area contributed by atoms with E-state index in [1.54, 1.807) is 6.07 Å². The van der Waals surface area contributed by atoms with Gasteiger partial charge in [-0.15, -0.1) is 0 Å². The minimum absolute atomic E-state index is 0.292. The first-order valence-electron chi connectivity index (χ1n) is 4.57. The van der Waals surface area contributed by atoms with E-state index in [1.165, 1.54) is 6.42 Å². The van der Waals surface area contributed by atoms with Crippen LogP contribution in [0.3, 0.4) is 0 Å². The Balaban J connectivity index is 2.22. The number of hydrogen-bond donors (Lipinski definition) is 1. The molecule has 0 bridgehead atoms. The van der Waals surface area contributed by atoms with Crippen LogP contribution >= 0.6 is 0 Å². The van der Waals surface area contributed by atoms with E-state index >= 15 is 0 Å². The monoisotopic (exact) mass is 182 g/mol. The molecule has 72 valence electrons. The van der Waals surface area contributed by atoms with Crippen LogP contribution in [-0.4, -0.2) is 11.8 Å². The molecule has 0 aromatic carbocycles. The maximum Gasteiger partial charge on any atom is 0.222 e. The third kappa shape index (κ3) is 1.54. The molecular weight excluding hydrogens is 168 g/mol. The Hall–Kier alpha value is -1.03. The van der Waals surface area contributed by atoms with Gasteiger partial charge < -0.3 is 15.0 Å². The van der Waals surface area contributed by atoms with Crippen LogP contribution in [0, 0.1) is 0 Å². The number of aromatic nitrogens is 1. The zero-order valence-corrected chi connectivity index (χ0v) is 7.75. The van der Waals surface area contributed by atoms with Crippen molar-refractivity contribution in [1.29, 1.82) is 0 Å². The summed E-state index contributed by atoms with van der Waals surface area (Å²) < 4.78 is 10.5. The summed E-state index contributed by atoms with van der Waals surface area (Å²) in [5.74, 6) is 0.352. The van der Waals surface area contributed by atoms with E-state index < -0.39 is 0 Å². The SMILES string of the molecule is CC1(c2cc(N)on2)CCCCO1. The van der Waals surface area contributed by atoms with Gasteiger partial charge >= 0.3 is 0 Å². The van der Waals surface area contributed by atoms with Crippen molar-refractivity contribution in [2.24, 2.45) is 0 Å². The standard InChI is InChI=1S/C9H14N2O2/c1-9(4-2-3-5-12-9)7-6-8(10)13-11-7/h6H,2-5,10H2,1H3. The lowest BCUT2D eigenvalue weighted by Gasteiger charge is -2.31. The van der Waals surface area contributed by atoms with Crippen molar-refractivity contribution in [3.63, 3.8) is 0 Å². The summed E-state index contributed by atoms with van der Waals surface area (Å²) in [6.07, 6.45) is 3.28. The molecule has 4 heteroatoms. The average Bonchev–Trinajstić information content (AvgIpc) is 2.54. The second-order valence-electron chi connectivity index (χ2n) is 3.65. The number of nitrogens with zero attached hydrogens (tertiary/aromatic N) is 1. The van der Waals surface area contributed by atoms with Crippen molar-refractivity contribution < 1.29 is 9.26 Å². The molecule has 0 aliphatic carbocycles. The third-order valence-corrected chi connectivity index (χ3v) is 2.54. The number of nitrogen functional groups attached to an aromatic ring is 1. The molecule has 1 aromatic heterocycles. The normalized spacial score (nSPS) is 29.0. The Morgan fingerprint density at radius 2 is 2.38 bits per heavy atom. The molecule has 1 aliphatic heterocycles. The maximum atomic E-state index is 5.69. The van der Waals surface area contributed by atoms with E-state index in [1.807, 2.05) is 6.92 Å². The van der Waals surface area contributed by atoms with E-state index in [0.717, 1.165) is 25.1 Å². The summed E-state index contributed by atoms with van der Waals surface area (Å²) in [4.78, 5) is 0. The van der Waals surface area contributed by atoms with Gasteiger partial charge in [0.1, 0.15) is 11.3 Å². The van der Waals surface area contributed by atoms with Crippen molar-refractivity contribution in [3.05, 3.63) is 11.8 Å². The molecule has 1 unspecified atom stereocenters. The molecular formula is C9H14N2O2. The van der Waals surface area contributed by atoms with Crippen LogP contribution in [0.2, 0.25) is 0 Å². The fourth-order valence-electron chi connectivity index (χ4n) is 1.67. The lowest BCUT2D eigenvalue weighted by molar-refractivity contribution is -0.0744. The second kappa shape index (κ2) is 3.03. The number of anilines is 1. The van der Waals surface area contributed by atoms with Crippen LogP contribution in [0.15, 0.2) is 10.6 Å². The molecule has 2 N–H and O–H groups in total. The molecule has 1 aromatic rings. The Morgan fingerprint density at radius 3 is 2.92 bits per heavy atom. The minimum Gasteiger partial charge on any atom is -0.369 e. The van der Waals surface area contributed by atoms with E-state index in [2.05, 4.69) is 5.16 Å². The fraction of sp³-hybridized carbons (Fsp3) is 0.667. The van der Waals surface area contributed by atoms with E-state index in [4.69, 9.17) is 15.0 Å². The molecule has 0 amide bonds. The molecule has 1 atom stereocenters. The summed E-state index contributed by atoms with van der Waals surface area (Å²) in [7, 11) is 0. The average molecular weight is 182 g/mol. The van der Waals surface area contributed by atoms with Crippen LogP contribution < -0.4 is 5.73 Å². The van der Waals surface area contributed by atoms with Gasteiger partial charge in [0.15, 0.2) is 0 Å². The molecule has 4 nitrogen and oxygen atoms in total. The fourth-order valence-corrected chi connectivity index (χ4v) is 1.67. The van der Waals surface area contributed by atoms with Gasteiger partial charge in [-0.3, -0.25) is 0 Å². The summed E-state index contributed by atoms with van der Waals surface area (Å²) in [5.41, 5.74) is 5.98. The van der Waals surface area contributed by atoms with Gasteiger partial charge in [0.2, 0.25) is 5.88 Å². The number of nitrogens with two attached hydrogens (primary N) is 1. The van der Waals surface area contributed by atoms with Crippen LogP contribution in [0.4, 0.5) is 5.88 Å². The lowest BCUT2D eigenvalue weighted by Crippen LogP contribution is -2.30. The summed E-state index contributed by atoms with van der Waals surface area (Å²) in [6.45, 7) is 2.83. The molecule has 1 saturated heterocycles. The lowest BCUT2D eigenvalue weighted by atomic mass is 9.93. The first-order valence-corrected chi connectivity index (χ1v) is 4.57. The smallest absolute Gasteiger partial charge is 0.222 e. The molecule has 0 radical (unpaired) electrons. The molecule has 0 saturated carbocycles. The molecule has 13 heavy (non-hydrogen) atoms. The van der Waals surface area contributed by atoms with Crippen molar-refractivity contribution >= 4 is 5.88 Å². The van der Waals surface area contributed by atoms with Crippen LogP contribution in [-0.2, 0) is 10.3 Å². The van der Waals surface area contributed by atoms with Gasteiger partial charge in [-0.2, -0.15) is 0 Å². The second-order valence-corrected chi connectivity index (χ2v) is 3.65. The number of ether oxygens (including phenoxy) is 1. The highest BCUT2D eigenvalue weighted by atomic mass is 16.5. The highest BCUT2D eigenvalue weighted by molar-refractivity contribution is 5.27. The van der Waals surface area contributed by atoms with Gasteiger partial charge in [0.25, 0.3) is 0 Å². The quantitative estimate of drug-likeness (QED) is 0.717. The highest BCUT2D eigenvalue weighted by Gasteiger charge is 2.32. The van der Waals surface area contributed by atoms with Crippen LogP contribution in [0.5, 0.6) is 0 Å². The van der Waals surface area contributed by atoms with E-state index in [0.29, 0.717) is 5.88 Å². The Morgan fingerprint density at radius 1 is 1.54 bits per heavy atom. The van der Waals surface area contributed by atoms with Gasteiger partial charge in [0, 0.05) is 12.7 Å². The highest BCUT2D eigenvalue weighted by Crippen LogP contribution is 2.34. The topological polar surface area (TPSA) is 61.3 Å². The van der Waals surface area contributed by atoms with Crippen LogP contribution in [0.1, 0.15) is 31.9 Å². The first-order chi connectivity index (χ1) is 6.21. The molecule has 1 fully saturated rings. The van der Waals surface area contributed by atoms with Gasteiger partial charge in [-0.1, -0.05) is 5.16 Å². The Kier molecular flexibility index (Phi) is 2.00. The minimum atomic E-state index is -0.292. The zero-order chi connectivity index (χ0) is 9.31. The Bertz CT molecular complexity index is 290. The van der Waals surface area contributed by atoms with Gasteiger partial charge in [-0.05, 0) is 26.2 Å². The molecule has 1 aliphatic rings. The van der Waals surface area contributed by atoms with E-state index in [-0.39, 0.29) is 5.60 Å². The Labute approximate surface area is 77.0 Å². The first kappa shape index (κ1) is 8.56. The van der Waals surface area contributed by atoms with Gasteiger partial charge in [0.05, 0.1) is 0 Å². The van der Waals surface area contributed by atoms with Crippen molar-refractivity contribution in [3.8, 4) is 0 Å². The molecule has 0 spiro atoms. The predicted molar refractivity (Wildman–Crippen MR) is 48.1 cm³/mol. The van der Waals surface area contributed by atoms with Crippen molar-refractivity contribution in [2.75, 3.05) is 12.3 Å². The summed E-state index contributed by atoms with van der Waals surface area (Å²) >= 11 is 0. The predicted octanol–water partition coefficient (Wildman–Crippen LogP) is 1.67.